The van der Waals surface area contributed by atoms with Crippen molar-refractivity contribution in [3.63, 3.8) is 0 Å². The van der Waals surface area contributed by atoms with Crippen LogP contribution >= 0.6 is 0 Å². The Kier molecular flexibility index (Phi) is 23.1. The van der Waals surface area contributed by atoms with Crippen molar-refractivity contribution in [2.24, 2.45) is 5.92 Å². The van der Waals surface area contributed by atoms with Crippen molar-refractivity contribution >= 4 is 23.9 Å². The number of carboxylic acid groups (broad SMARTS) is 3. The topological polar surface area (TPSA) is 195 Å². The predicted molar refractivity (Wildman–Crippen MR) is 236 cm³/mol. The number of unbranched alkanes of at least 4 members (excludes halogenated alkanes) is 18. The zero-order valence-corrected chi connectivity index (χ0v) is 38.1. The third kappa shape index (κ3) is 14.1. The maximum Gasteiger partial charge on any atom is 0.343 e. The fourth-order valence-corrected chi connectivity index (χ4v) is 9.21. The Bertz CT molecular complexity index is 1520. The number of fused-ring (bicyclic) bond motifs is 2. The van der Waals surface area contributed by atoms with Gasteiger partial charge in [0.25, 0.3) is 0 Å². The Balaban J connectivity index is 1.89. The van der Waals surface area contributed by atoms with Gasteiger partial charge in [0.15, 0.2) is 5.79 Å². The first-order chi connectivity index (χ1) is 29.7. The molecule has 8 atom stereocenters. The second-order valence-corrected chi connectivity index (χ2v) is 17.6. The molecule has 4 N–H and O–H groups in total. The first-order valence-electron chi connectivity index (χ1n) is 23.6. The van der Waals surface area contributed by atoms with Crippen LogP contribution in [0.15, 0.2) is 42.5 Å². The highest BCUT2D eigenvalue weighted by Gasteiger charge is 2.86. The van der Waals surface area contributed by atoms with Crippen LogP contribution < -0.4 is 0 Å². The predicted octanol–water partition coefficient (Wildman–Crippen LogP) is 9.59. The minimum atomic E-state index is -3.16. The monoisotopic (exact) mass is 875 g/mol. The van der Waals surface area contributed by atoms with Crippen molar-refractivity contribution in [2.75, 3.05) is 13.2 Å². The van der Waals surface area contributed by atoms with Crippen molar-refractivity contribution in [1.29, 1.82) is 0 Å². The normalized spacial score (nSPS) is 25.3. The van der Waals surface area contributed by atoms with Gasteiger partial charge in [-0.25, -0.2) is 14.4 Å². The van der Waals surface area contributed by atoms with E-state index in [2.05, 4.69) is 20.4 Å². The summed E-state index contributed by atoms with van der Waals surface area (Å²) in [5, 5.41) is 45.0. The van der Waals surface area contributed by atoms with Crippen molar-refractivity contribution < 1.29 is 63.3 Å². The highest BCUT2D eigenvalue weighted by molar-refractivity contribution is 5.98. The second-order valence-electron chi connectivity index (χ2n) is 17.6. The van der Waals surface area contributed by atoms with Crippen LogP contribution in [0.3, 0.4) is 0 Å². The van der Waals surface area contributed by atoms with Crippen LogP contribution in [-0.4, -0.2) is 98.9 Å². The molecule has 2 bridgehead atoms. The van der Waals surface area contributed by atoms with Crippen LogP contribution in [-0.2, 0) is 49.3 Å². The van der Waals surface area contributed by atoms with Gasteiger partial charge in [0.2, 0.25) is 17.3 Å². The molecule has 13 heteroatoms. The molecule has 13 nitrogen and oxygen atoms in total. The summed E-state index contributed by atoms with van der Waals surface area (Å²) in [6.07, 6.45) is 13.0. The first kappa shape index (κ1) is 53.0. The molecule has 2 aliphatic rings. The molecular weight excluding hydrogens is 797 g/mol. The molecule has 0 spiro atoms. The number of benzene rings is 1. The van der Waals surface area contributed by atoms with Gasteiger partial charge in [0.05, 0.1) is 0 Å². The quantitative estimate of drug-likeness (QED) is 0.0286. The van der Waals surface area contributed by atoms with Gasteiger partial charge in [0, 0.05) is 32.5 Å². The molecule has 1 aromatic rings. The SMILES string of the molecule is C=C(CC[C@@]12O[C@H](C(=O)O)[C@@](OCCCCCCCCCCCC)(C(=O)O)[C@@](C(=O)O)(O1)[C@H](OCCCCCCCCCCCC)[C@H]2O)C(OC(C)=O)C(C)Cc1ccccc1. The summed E-state index contributed by atoms with van der Waals surface area (Å²) in [5.41, 5.74) is -4.83. The molecule has 2 fully saturated rings. The number of aliphatic hydroxyl groups is 1. The number of carbonyl (C=O) groups excluding carboxylic acids is 1. The standard InChI is InChI=1S/C49H78O13/c1-6-8-10-12-14-16-18-20-22-27-33-58-42-41(51)47(32-31-36(3)40(60-38(5)50)37(4)35-39-29-25-24-26-30-39)61-43(44(52)53)48(45(54)55,49(42,62-47)46(56)57)59-34-28-23-21-19-17-15-13-11-9-7-2/h24-26,29-30,37,40-43,51H,3,6-23,27-28,31-35H2,1-2,4-5H3,(H,52,53)(H,54,55)(H,56,57)/t37?,40?,41-,42-,43-,47-,48-,49-/m1/s1. The number of rotatable bonds is 35. The lowest BCUT2D eigenvalue weighted by atomic mass is 9.74. The Morgan fingerprint density at radius 3 is 1.71 bits per heavy atom. The van der Waals surface area contributed by atoms with Gasteiger partial charge in [-0.2, -0.15) is 0 Å². The van der Waals surface area contributed by atoms with E-state index in [0.717, 1.165) is 63.4 Å². The molecule has 2 saturated heterocycles. The van der Waals surface area contributed by atoms with Gasteiger partial charge < -0.3 is 44.1 Å². The second kappa shape index (κ2) is 27.1. The van der Waals surface area contributed by atoms with E-state index in [4.69, 9.17) is 23.7 Å². The fourth-order valence-electron chi connectivity index (χ4n) is 9.21. The number of aliphatic hydroxyl groups excluding tert-OH is 1. The Hall–Kier alpha value is -3.36. The molecule has 0 aromatic heterocycles. The van der Waals surface area contributed by atoms with E-state index in [-0.39, 0.29) is 32.0 Å². The lowest BCUT2D eigenvalue weighted by molar-refractivity contribution is -0.380. The third-order valence-corrected chi connectivity index (χ3v) is 12.6. The zero-order chi connectivity index (χ0) is 45.6. The van der Waals surface area contributed by atoms with E-state index < -0.39 is 65.3 Å². The lowest BCUT2D eigenvalue weighted by Crippen LogP contribution is -2.79. The van der Waals surface area contributed by atoms with Gasteiger partial charge in [0.1, 0.15) is 18.3 Å². The molecule has 2 unspecified atom stereocenters. The summed E-state index contributed by atoms with van der Waals surface area (Å²) >= 11 is 0. The number of esters is 1. The minimum absolute atomic E-state index is 0.0587. The van der Waals surface area contributed by atoms with Gasteiger partial charge in [-0.3, -0.25) is 4.79 Å². The van der Waals surface area contributed by atoms with Crippen LogP contribution in [0.5, 0.6) is 0 Å². The lowest BCUT2D eigenvalue weighted by Gasteiger charge is -2.51. The molecule has 1 aromatic carbocycles. The third-order valence-electron chi connectivity index (χ3n) is 12.6. The van der Waals surface area contributed by atoms with Crippen molar-refractivity contribution in [3.05, 3.63) is 48.0 Å². The summed E-state index contributed by atoms with van der Waals surface area (Å²) < 4.78 is 30.3. The Labute approximate surface area is 370 Å². The number of aliphatic carboxylic acids is 3. The van der Waals surface area contributed by atoms with E-state index in [9.17, 15) is 39.6 Å². The molecule has 3 rings (SSSR count). The summed E-state index contributed by atoms with van der Waals surface area (Å²) in [6, 6.07) is 9.59. The van der Waals surface area contributed by atoms with Crippen LogP contribution in [0.1, 0.15) is 175 Å². The molecule has 62 heavy (non-hydrogen) atoms. The smallest absolute Gasteiger partial charge is 0.343 e. The number of carboxylic acids is 3. The van der Waals surface area contributed by atoms with Gasteiger partial charge in [-0.15, -0.1) is 0 Å². The molecular formula is C49H78O13. The van der Waals surface area contributed by atoms with Crippen molar-refractivity contribution in [3.8, 4) is 0 Å². The summed E-state index contributed by atoms with van der Waals surface area (Å²) in [4.78, 5) is 52.9. The van der Waals surface area contributed by atoms with Gasteiger partial charge in [-0.1, -0.05) is 173 Å². The number of carbonyl (C=O) groups is 4. The zero-order valence-electron chi connectivity index (χ0n) is 38.1. The highest BCUT2D eigenvalue weighted by Crippen LogP contribution is 2.57. The molecule has 0 radical (unpaired) electrons. The molecule has 2 aliphatic heterocycles. The maximum atomic E-state index is 13.8. The number of hydrogen-bond donors (Lipinski definition) is 4. The maximum absolute atomic E-state index is 13.8. The summed E-state index contributed by atoms with van der Waals surface area (Å²) in [6.45, 7) is 11.4. The van der Waals surface area contributed by atoms with Gasteiger partial charge >= 0.3 is 23.9 Å². The Morgan fingerprint density at radius 1 is 0.742 bits per heavy atom. The molecule has 0 saturated carbocycles. The van der Waals surface area contributed by atoms with E-state index in [1.807, 2.05) is 37.3 Å². The van der Waals surface area contributed by atoms with Crippen molar-refractivity contribution in [1.82, 2.24) is 0 Å². The molecule has 352 valence electrons. The van der Waals surface area contributed by atoms with E-state index >= 15 is 0 Å². The minimum Gasteiger partial charge on any atom is -0.479 e. The van der Waals surface area contributed by atoms with Crippen LogP contribution in [0.4, 0.5) is 0 Å². The molecule has 2 heterocycles. The average Bonchev–Trinajstić information content (AvgIpc) is 3.45. The van der Waals surface area contributed by atoms with Gasteiger partial charge in [-0.05, 0) is 36.8 Å². The van der Waals surface area contributed by atoms with E-state index in [1.165, 1.54) is 58.3 Å². The van der Waals surface area contributed by atoms with Crippen LogP contribution in [0.25, 0.3) is 0 Å². The Morgan fingerprint density at radius 2 is 1.24 bits per heavy atom. The first-order valence-corrected chi connectivity index (χ1v) is 23.6. The van der Waals surface area contributed by atoms with E-state index in [1.54, 1.807) is 0 Å². The van der Waals surface area contributed by atoms with E-state index in [0.29, 0.717) is 31.3 Å². The molecule has 0 aliphatic carbocycles. The highest BCUT2D eigenvalue weighted by atomic mass is 16.8. The summed E-state index contributed by atoms with van der Waals surface area (Å²) in [5.74, 6) is -8.79. The number of ether oxygens (including phenoxy) is 5. The van der Waals surface area contributed by atoms with Crippen molar-refractivity contribution in [2.45, 2.75) is 217 Å². The number of hydrogen-bond acceptors (Lipinski definition) is 10. The van der Waals surface area contributed by atoms with Crippen LogP contribution in [0.2, 0.25) is 0 Å². The fraction of sp³-hybridized carbons (Fsp3) is 0.755. The molecule has 0 amide bonds. The largest absolute Gasteiger partial charge is 0.479 e. The van der Waals surface area contributed by atoms with Crippen LogP contribution in [0, 0.1) is 5.92 Å². The average molecular weight is 875 g/mol. The summed E-state index contributed by atoms with van der Waals surface area (Å²) in [7, 11) is 0.